The van der Waals surface area contributed by atoms with Crippen molar-refractivity contribution >= 4 is 16.1 Å². The van der Waals surface area contributed by atoms with Crippen molar-refractivity contribution < 1.29 is 23.1 Å². The molecular weight excluding hydrogens is 296 g/mol. The second-order valence-corrected chi connectivity index (χ2v) is 5.64. The highest BCUT2D eigenvalue weighted by molar-refractivity contribution is 7.89. The summed E-state index contributed by atoms with van der Waals surface area (Å²) in [4.78, 5) is 10.4. The zero-order valence-electron chi connectivity index (χ0n) is 11.2. The minimum Gasteiger partial charge on any atom is -0.448 e. The predicted molar refractivity (Wildman–Crippen MR) is 75.7 cm³/mol. The van der Waals surface area contributed by atoms with Crippen LogP contribution in [0.3, 0.4) is 0 Å². The van der Waals surface area contributed by atoms with Crippen LogP contribution in [0.25, 0.3) is 0 Å². The molecule has 1 amide bonds. The Morgan fingerprint density at radius 3 is 2.86 bits per heavy atom. The molecule has 0 saturated heterocycles. The average Bonchev–Trinajstić information content (AvgIpc) is 2.44. The highest BCUT2D eigenvalue weighted by atomic mass is 32.2. The molecule has 7 nitrogen and oxygen atoms in total. The van der Waals surface area contributed by atoms with Gasteiger partial charge in [0.05, 0.1) is 11.5 Å². The summed E-state index contributed by atoms with van der Waals surface area (Å²) < 4.78 is 30.7. The minimum absolute atomic E-state index is 0.0492. The molecule has 0 aliphatic carbocycles. The van der Waals surface area contributed by atoms with Gasteiger partial charge in [0.15, 0.2) is 0 Å². The second-order valence-electron chi connectivity index (χ2n) is 3.87. The number of rotatable bonds is 6. The third kappa shape index (κ3) is 6.27. The first kappa shape index (κ1) is 17.0. The quantitative estimate of drug-likeness (QED) is 0.496. The van der Waals surface area contributed by atoms with E-state index in [0.717, 1.165) is 0 Å². The largest absolute Gasteiger partial charge is 0.448 e. The lowest BCUT2D eigenvalue weighted by Gasteiger charge is -2.07. The summed E-state index contributed by atoms with van der Waals surface area (Å²) in [7, 11) is -3.71. The lowest BCUT2D eigenvalue weighted by atomic mass is 10.2. The van der Waals surface area contributed by atoms with Crippen LogP contribution in [0.2, 0.25) is 0 Å². The number of hydrogen-bond donors (Lipinski definition) is 3. The molecule has 0 radical (unpaired) electrons. The molecule has 1 rings (SSSR count). The lowest BCUT2D eigenvalue weighted by molar-refractivity contribution is 0.159. The number of amides is 1. The molecule has 1 aromatic rings. The van der Waals surface area contributed by atoms with Crippen molar-refractivity contribution in [3.05, 3.63) is 29.8 Å². The van der Waals surface area contributed by atoms with Gasteiger partial charge in [-0.2, -0.15) is 0 Å². The van der Waals surface area contributed by atoms with E-state index >= 15 is 0 Å². The maximum absolute atomic E-state index is 12.0. The Morgan fingerprint density at radius 2 is 2.19 bits per heavy atom. The van der Waals surface area contributed by atoms with E-state index in [0.29, 0.717) is 12.0 Å². The van der Waals surface area contributed by atoms with Crippen LogP contribution in [0.1, 0.15) is 12.0 Å². The van der Waals surface area contributed by atoms with Gasteiger partial charge in [-0.25, -0.2) is 17.9 Å². The Labute approximate surface area is 123 Å². The van der Waals surface area contributed by atoms with Crippen LogP contribution < -0.4 is 10.5 Å². The van der Waals surface area contributed by atoms with E-state index in [1.165, 1.54) is 12.1 Å². The van der Waals surface area contributed by atoms with Crippen LogP contribution in [0.4, 0.5) is 4.79 Å². The highest BCUT2D eigenvalue weighted by Gasteiger charge is 2.13. The van der Waals surface area contributed by atoms with Gasteiger partial charge in [-0.3, -0.25) is 0 Å². The molecule has 0 spiro atoms. The third-order valence-electron chi connectivity index (χ3n) is 2.25. The molecule has 0 unspecified atom stereocenters. The van der Waals surface area contributed by atoms with Crippen LogP contribution in [-0.4, -0.2) is 39.4 Å². The van der Waals surface area contributed by atoms with Gasteiger partial charge in [-0.05, 0) is 18.2 Å². The summed E-state index contributed by atoms with van der Waals surface area (Å²) in [5.74, 6) is 5.46. The molecule has 0 aliphatic heterocycles. The molecule has 114 valence electrons. The topological polar surface area (TPSA) is 119 Å². The van der Waals surface area contributed by atoms with Gasteiger partial charge in [-0.15, -0.1) is 0 Å². The van der Waals surface area contributed by atoms with Gasteiger partial charge in [0.1, 0.15) is 6.61 Å². The Kier molecular flexibility index (Phi) is 6.68. The molecular formula is C13H16N2O5S. The van der Waals surface area contributed by atoms with Gasteiger partial charge in [0, 0.05) is 18.5 Å². The van der Waals surface area contributed by atoms with E-state index in [2.05, 4.69) is 21.3 Å². The van der Waals surface area contributed by atoms with E-state index in [4.69, 9.17) is 10.8 Å². The summed E-state index contributed by atoms with van der Waals surface area (Å²) >= 11 is 0. The van der Waals surface area contributed by atoms with Gasteiger partial charge >= 0.3 is 6.09 Å². The van der Waals surface area contributed by atoms with Crippen LogP contribution >= 0.6 is 0 Å². The van der Waals surface area contributed by atoms with Crippen LogP contribution in [0, 0.1) is 11.8 Å². The molecule has 0 aliphatic rings. The normalized spacial score (nSPS) is 10.5. The molecule has 0 aromatic heterocycles. The van der Waals surface area contributed by atoms with E-state index in [9.17, 15) is 13.2 Å². The van der Waals surface area contributed by atoms with Crippen molar-refractivity contribution in [2.45, 2.75) is 11.3 Å². The van der Waals surface area contributed by atoms with E-state index in [1.54, 1.807) is 12.1 Å². The Bertz CT molecular complexity index is 646. The zero-order valence-corrected chi connectivity index (χ0v) is 12.0. The highest BCUT2D eigenvalue weighted by Crippen LogP contribution is 2.10. The number of aliphatic hydroxyl groups excluding tert-OH is 1. The molecule has 0 saturated carbocycles. The fourth-order valence-electron chi connectivity index (χ4n) is 1.37. The predicted octanol–water partition coefficient (Wildman–Crippen LogP) is -0.206. The van der Waals surface area contributed by atoms with Crippen LogP contribution in [0.15, 0.2) is 29.2 Å². The molecule has 0 bridgehead atoms. The second kappa shape index (κ2) is 8.26. The van der Waals surface area contributed by atoms with Gasteiger partial charge in [0.25, 0.3) is 0 Å². The smallest absolute Gasteiger partial charge is 0.404 e. The van der Waals surface area contributed by atoms with Crippen molar-refractivity contribution in [2.24, 2.45) is 5.73 Å². The van der Waals surface area contributed by atoms with Gasteiger partial charge in [0.2, 0.25) is 10.0 Å². The maximum Gasteiger partial charge on any atom is 0.404 e. The summed E-state index contributed by atoms with van der Waals surface area (Å²) in [6.07, 6.45) is -0.644. The summed E-state index contributed by atoms with van der Waals surface area (Å²) in [5, 5.41) is 8.63. The number of carbonyl (C=O) groups is 1. The summed E-state index contributed by atoms with van der Waals surface area (Å²) in [6, 6.07) is 6.08. The first-order valence-corrected chi connectivity index (χ1v) is 7.56. The van der Waals surface area contributed by atoms with Crippen LogP contribution in [0.5, 0.6) is 0 Å². The van der Waals surface area contributed by atoms with Gasteiger partial charge in [-0.1, -0.05) is 17.9 Å². The van der Waals surface area contributed by atoms with E-state index in [1.807, 2.05) is 0 Å². The average molecular weight is 312 g/mol. The summed E-state index contributed by atoms with van der Waals surface area (Å²) in [5.41, 5.74) is 5.29. The van der Waals surface area contributed by atoms with E-state index < -0.39 is 16.1 Å². The number of hydrogen-bond acceptors (Lipinski definition) is 5. The lowest BCUT2D eigenvalue weighted by Crippen LogP contribution is -2.29. The molecule has 0 fully saturated rings. The Morgan fingerprint density at radius 1 is 1.43 bits per heavy atom. The number of carbonyl (C=O) groups excluding carboxylic acids is 1. The van der Waals surface area contributed by atoms with Crippen molar-refractivity contribution in [1.82, 2.24) is 4.72 Å². The number of nitrogens with one attached hydrogen (secondary N) is 1. The monoisotopic (exact) mass is 312 g/mol. The van der Waals surface area contributed by atoms with Crippen molar-refractivity contribution in [3.8, 4) is 11.8 Å². The maximum atomic E-state index is 12.0. The summed E-state index contributed by atoms with van der Waals surface area (Å²) in [6.45, 7) is -0.275. The number of ether oxygens (including phenoxy) is 1. The van der Waals surface area contributed by atoms with E-state index in [-0.39, 0.29) is 24.7 Å². The molecule has 8 heteroatoms. The van der Waals surface area contributed by atoms with Crippen molar-refractivity contribution in [1.29, 1.82) is 0 Å². The zero-order chi connectivity index (χ0) is 15.7. The number of sulfonamides is 1. The van der Waals surface area contributed by atoms with Crippen LogP contribution in [-0.2, 0) is 14.8 Å². The fourth-order valence-corrected chi connectivity index (χ4v) is 2.43. The molecule has 4 N–H and O–H groups in total. The third-order valence-corrected chi connectivity index (χ3v) is 3.71. The SMILES string of the molecule is NC(=O)OCCNS(=O)(=O)c1cccc(C#CCCO)c1. The number of nitrogens with two attached hydrogens (primary N) is 1. The Hall–Kier alpha value is -2.08. The molecule has 0 heterocycles. The Balaban J connectivity index is 2.73. The number of aliphatic hydroxyl groups is 1. The molecule has 0 atom stereocenters. The van der Waals surface area contributed by atoms with Gasteiger partial charge < -0.3 is 15.6 Å². The fraction of sp³-hybridized carbons (Fsp3) is 0.308. The van der Waals surface area contributed by atoms with Crippen molar-refractivity contribution in [2.75, 3.05) is 19.8 Å². The van der Waals surface area contributed by atoms with Crippen molar-refractivity contribution in [3.63, 3.8) is 0 Å². The molecule has 1 aromatic carbocycles. The standard InChI is InChI=1S/C13H16N2O5S/c14-13(17)20-9-7-15-21(18,19)12-6-3-5-11(10-12)4-1-2-8-16/h3,5-6,10,15-16H,2,7-9H2,(H2,14,17). The first-order chi connectivity index (χ1) is 9.95. The number of benzene rings is 1. The number of primary amides is 1. The minimum atomic E-state index is -3.71. The first-order valence-electron chi connectivity index (χ1n) is 6.07. The molecule has 21 heavy (non-hydrogen) atoms.